The normalized spacial score (nSPS) is 13.6. The van der Waals surface area contributed by atoms with Gasteiger partial charge in [0.15, 0.2) is 5.67 Å². The molecule has 22 heavy (non-hydrogen) atoms. The van der Waals surface area contributed by atoms with Crippen LogP contribution >= 0.6 is 0 Å². The summed E-state index contributed by atoms with van der Waals surface area (Å²) in [5.41, 5.74) is 0.00119. The van der Waals surface area contributed by atoms with Crippen molar-refractivity contribution in [3.05, 3.63) is 65.7 Å². The Kier molecular flexibility index (Phi) is 5.92. The van der Waals surface area contributed by atoms with Crippen molar-refractivity contribution < 1.29 is 19.0 Å². The van der Waals surface area contributed by atoms with E-state index in [4.69, 9.17) is 9.47 Å². The summed E-state index contributed by atoms with van der Waals surface area (Å²) in [6.45, 7) is -0.417. The minimum atomic E-state index is -1.77. The number of methoxy groups -OCH3 is 1. The van der Waals surface area contributed by atoms with E-state index in [-0.39, 0.29) is 13.0 Å². The lowest BCUT2D eigenvalue weighted by molar-refractivity contribution is -0.0258. The maximum atomic E-state index is 14.6. The number of aliphatic hydroxyl groups excluding tert-OH is 1. The van der Waals surface area contributed by atoms with Gasteiger partial charge in [-0.2, -0.15) is 0 Å². The van der Waals surface area contributed by atoms with Crippen molar-refractivity contribution in [3.8, 4) is 5.75 Å². The quantitative estimate of drug-likeness (QED) is 0.814. The Morgan fingerprint density at radius 2 is 1.68 bits per heavy atom. The molecule has 0 aromatic heterocycles. The van der Waals surface area contributed by atoms with Crippen molar-refractivity contribution >= 4 is 0 Å². The molecule has 0 amide bonds. The number of halogens is 1. The molecule has 2 rings (SSSR count). The summed E-state index contributed by atoms with van der Waals surface area (Å²) in [5, 5.41) is 9.34. The van der Waals surface area contributed by atoms with E-state index < -0.39 is 12.3 Å². The van der Waals surface area contributed by atoms with Crippen LogP contribution in [0, 0.1) is 0 Å². The summed E-state index contributed by atoms with van der Waals surface area (Å²) in [6.07, 6.45) is 0.132. The number of alkyl halides is 1. The van der Waals surface area contributed by atoms with Crippen LogP contribution in [0.1, 0.15) is 11.1 Å². The molecule has 0 aliphatic heterocycles. The van der Waals surface area contributed by atoms with E-state index in [1.54, 1.807) is 7.11 Å². The van der Waals surface area contributed by atoms with Gasteiger partial charge in [0.1, 0.15) is 5.75 Å². The van der Waals surface area contributed by atoms with Crippen LogP contribution in [0.3, 0.4) is 0 Å². The van der Waals surface area contributed by atoms with Gasteiger partial charge in [0.05, 0.1) is 26.9 Å². The summed E-state index contributed by atoms with van der Waals surface area (Å²) in [4.78, 5) is 0. The van der Waals surface area contributed by atoms with Crippen LogP contribution < -0.4 is 4.74 Å². The van der Waals surface area contributed by atoms with Gasteiger partial charge < -0.3 is 14.6 Å². The van der Waals surface area contributed by atoms with Gasteiger partial charge >= 0.3 is 0 Å². The molecule has 0 heterocycles. The lowest BCUT2D eigenvalue weighted by Gasteiger charge is -2.23. The fourth-order valence-corrected chi connectivity index (χ4v) is 2.19. The second kappa shape index (κ2) is 7.92. The van der Waals surface area contributed by atoms with Gasteiger partial charge in [0, 0.05) is 6.42 Å². The van der Waals surface area contributed by atoms with E-state index in [0.717, 1.165) is 16.9 Å². The van der Waals surface area contributed by atoms with Crippen molar-refractivity contribution in [3.63, 3.8) is 0 Å². The summed E-state index contributed by atoms with van der Waals surface area (Å²) in [5.74, 6) is 0.767. The van der Waals surface area contributed by atoms with Crippen LogP contribution in [-0.4, -0.2) is 31.1 Å². The third-order valence-electron chi connectivity index (χ3n) is 3.44. The lowest BCUT2D eigenvalue weighted by atomic mass is 9.98. The van der Waals surface area contributed by atoms with Crippen LogP contribution in [0.2, 0.25) is 0 Å². The van der Waals surface area contributed by atoms with Gasteiger partial charge in [0.25, 0.3) is 0 Å². The largest absolute Gasteiger partial charge is 0.497 e. The van der Waals surface area contributed by atoms with Crippen molar-refractivity contribution in [1.29, 1.82) is 0 Å². The maximum absolute atomic E-state index is 14.6. The second-order valence-electron chi connectivity index (χ2n) is 5.31. The van der Waals surface area contributed by atoms with Crippen molar-refractivity contribution in [2.75, 3.05) is 20.3 Å². The first kappa shape index (κ1) is 16.5. The Bertz CT molecular complexity index is 556. The number of benzene rings is 2. The maximum Gasteiger partial charge on any atom is 0.161 e. The number of aliphatic hydroxyl groups is 1. The number of rotatable bonds is 8. The third-order valence-corrected chi connectivity index (χ3v) is 3.44. The Labute approximate surface area is 130 Å². The molecule has 118 valence electrons. The Morgan fingerprint density at radius 1 is 1.00 bits per heavy atom. The first-order valence-electron chi connectivity index (χ1n) is 7.19. The molecule has 0 spiro atoms. The predicted octanol–water partition coefficient (Wildman–Crippen LogP) is 3.16. The van der Waals surface area contributed by atoms with Gasteiger partial charge in [-0.15, -0.1) is 0 Å². The molecule has 2 aromatic rings. The average molecular weight is 304 g/mol. The molecule has 0 aliphatic carbocycles. The van der Waals surface area contributed by atoms with Gasteiger partial charge in [-0.05, 0) is 23.3 Å². The zero-order valence-electron chi connectivity index (χ0n) is 12.7. The van der Waals surface area contributed by atoms with Gasteiger partial charge in [-0.25, -0.2) is 4.39 Å². The van der Waals surface area contributed by atoms with Crippen LogP contribution in [-0.2, 0) is 17.8 Å². The molecule has 4 heteroatoms. The van der Waals surface area contributed by atoms with Crippen LogP contribution in [0.4, 0.5) is 4.39 Å². The first-order chi connectivity index (χ1) is 10.6. The highest BCUT2D eigenvalue weighted by Gasteiger charge is 2.29. The second-order valence-corrected chi connectivity index (χ2v) is 5.31. The molecule has 0 saturated carbocycles. The molecule has 0 aliphatic rings. The zero-order valence-corrected chi connectivity index (χ0v) is 12.7. The summed E-state index contributed by atoms with van der Waals surface area (Å²) in [6, 6.07) is 16.7. The number of ether oxygens (including phenoxy) is 2. The van der Waals surface area contributed by atoms with E-state index in [2.05, 4.69) is 0 Å². The topological polar surface area (TPSA) is 38.7 Å². The zero-order chi connectivity index (χ0) is 15.8. The Morgan fingerprint density at radius 3 is 2.27 bits per heavy atom. The van der Waals surface area contributed by atoms with E-state index in [9.17, 15) is 9.50 Å². The minimum absolute atomic E-state index is 0.132. The molecule has 1 N–H and O–H groups in total. The van der Waals surface area contributed by atoms with Crippen LogP contribution in [0.25, 0.3) is 0 Å². The van der Waals surface area contributed by atoms with Crippen LogP contribution in [0.5, 0.6) is 5.75 Å². The van der Waals surface area contributed by atoms with Crippen LogP contribution in [0.15, 0.2) is 54.6 Å². The number of hydrogen-bond acceptors (Lipinski definition) is 3. The van der Waals surface area contributed by atoms with Gasteiger partial charge in [-0.3, -0.25) is 0 Å². The minimum Gasteiger partial charge on any atom is -0.497 e. The monoisotopic (exact) mass is 304 g/mol. The smallest absolute Gasteiger partial charge is 0.161 e. The molecular formula is C18H21FO3. The first-order valence-corrected chi connectivity index (χ1v) is 7.19. The molecule has 3 nitrogen and oxygen atoms in total. The SMILES string of the molecule is COc1ccc(COC[C@](F)(CO)Cc2ccccc2)cc1. The Hall–Kier alpha value is -1.91. The highest BCUT2D eigenvalue weighted by molar-refractivity contribution is 5.26. The van der Waals surface area contributed by atoms with E-state index in [1.165, 1.54) is 0 Å². The van der Waals surface area contributed by atoms with E-state index in [1.807, 2.05) is 54.6 Å². The highest BCUT2D eigenvalue weighted by Crippen LogP contribution is 2.19. The average Bonchev–Trinajstić information content (AvgIpc) is 2.56. The van der Waals surface area contributed by atoms with Gasteiger partial charge in [0.2, 0.25) is 0 Å². The molecule has 1 atom stereocenters. The highest BCUT2D eigenvalue weighted by atomic mass is 19.1. The Balaban J connectivity index is 1.87. The number of hydrogen-bond donors (Lipinski definition) is 1. The molecule has 2 aromatic carbocycles. The summed E-state index contributed by atoms with van der Waals surface area (Å²) >= 11 is 0. The van der Waals surface area contributed by atoms with Crippen molar-refractivity contribution in [2.24, 2.45) is 0 Å². The molecule has 0 radical (unpaired) electrons. The fourth-order valence-electron chi connectivity index (χ4n) is 2.19. The molecule has 0 unspecified atom stereocenters. The van der Waals surface area contributed by atoms with E-state index >= 15 is 0 Å². The summed E-state index contributed by atoms with van der Waals surface area (Å²) < 4.78 is 25.2. The molecule has 0 saturated heterocycles. The summed E-state index contributed by atoms with van der Waals surface area (Å²) in [7, 11) is 1.60. The fraction of sp³-hybridized carbons (Fsp3) is 0.333. The molecule has 0 fully saturated rings. The van der Waals surface area contributed by atoms with Crippen molar-refractivity contribution in [1.82, 2.24) is 0 Å². The molecular weight excluding hydrogens is 283 g/mol. The lowest BCUT2D eigenvalue weighted by Crippen LogP contribution is -2.36. The third kappa shape index (κ3) is 4.83. The van der Waals surface area contributed by atoms with Crippen molar-refractivity contribution in [2.45, 2.75) is 18.7 Å². The van der Waals surface area contributed by atoms with Gasteiger partial charge in [-0.1, -0.05) is 42.5 Å². The predicted molar refractivity (Wildman–Crippen MR) is 83.7 cm³/mol. The standard InChI is InChI=1S/C18H21FO3/c1-21-17-9-7-16(8-10-17)12-22-14-18(19,13-20)11-15-5-3-2-4-6-15/h2-10,20H,11-14H2,1H3/t18-/m1/s1. The van der Waals surface area contributed by atoms with E-state index in [0.29, 0.717) is 6.61 Å². The molecule has 0 bridgehead atoms.